The molecule has 188 valence electrons. The van der Waals surface area contributed by atoms with Crippen molar-refractivity contribution in [2.45, 2.75) is 6.04 Å². The molecule has 4 aromatic rings. The lowest BCUT2D eigenvalue weighted by Crippen LogP contribution is -2.34. The number of nitrogens with zero attached hydrogens (tertiary/aromatic N) is 1. The highest BCUT2D eigenvalue weighted by molar-refractivity contribution is 6.16. The molecule has 0 saturated heterocycles. The maximum atomic E-state index is 13.6. The lowest BCUT2D eigenvalue weighted by Gasteiger charge is -2.26. The topological polar surface area (TPSA) is 98.4 Å². The second-order valence-electron chi connectivity index (χ2n) is 8.44. The molecular weight excluding hydrogens is 474 g/mol. The zero-order valence-electron chi connectivity index (χ0n) is 20.3. The van der Waals surface area contributed by atoms with Gasteiger partial charge < -0.3 is 28.6 Å². The molecule has 0 spiro atoms. The minimum Gasteiger partial charge on any atom is -0.503 e. The van der Waals surface area contributed by atoms with E-state index in [1.54, 1.807) is 80.9 Å². The highest BCUT2D eigenvalue weighted by Crippen LogP contribution is 2.40. The van der Waals surface area contributed by atoms with Crippen LogP contribution in [0, 0.1) is 0 Å². The van der Waals surface area contributed by atoms with E-state index in [1.807, 2.05) is 12.1 Å². The third-order valence-electron chi connectivity index (χ3n) is 6.29. The van der Waals surface area contributed by atoms with Crippen LogP contribution in [0.25, 0.3) is 11.0 Å². The lowest BCUT2D eigenvalue weighted by molar-refractivity contribution is -0.129. The van der Waals surface area contributed by atoms with Crippen molar-refractivity contribution in [1.29, 1.82) is 0 Å². The van der Waals surface area contributed by atoms with E-state index in [0.29, 0.717) is 28.4 Å². The summed E-state index contributed by atoms with van der Waals surface area (Å²) in [6.07, 6.45) is 0. The molecule has 5 rings (SSSR count). The van der Waals surface area contributed by atoms with E-state index in [9.17, 15) is 14.7 Å². The number of ether oxygens (including phenoxy) is 3. The minimum absolute atomic E-state index is 0.0429. The third kappa shape index (κ3) is 4.61. The number of aliphatic hydroxyl groups is 1. The van der Waals surface area contributed by atoms with E-state index in [1.165, 1.54) is 4.90 Å². The summed E-state index contributed by atoms with van der Waals surface area (Å²) in [5, 5.41) is 11.6. The molecule has 0 bridgehead atoms. The standard InChI is InChI=1S/C29H25NO7/c1-34-20-9-7-18(8-10-20)26-25(27(31)24-17-19-5-3-4-6-23(19)37-24)28(32)29(33)30(26)15-16-36-22-13-11-21(35-2)12-14-22/h3-14,17,26,32H,15-16H2,1-2H3. The zero-order valence-corrected chi connectivity index (χ0v) is 20.3. The first-order valence-electron chi connectivity index (χ1n) is 11.7. The Hall–Kier alpha value is -4.72. The van der Waals surface area contributed by atoms with Crippen molar-refractivity contribution in [1.82, 2.24) is 4.90 Å². The van der Waals surface area contributed by atoms with Crippen LogP contribution in [0.3, 0.4) is 0 Å². The summed E-state index contributed by atoms with van der Waals surface area (Å²) in [4.78, 5) is 28.2. The van der Waals surface area contributed by atoms with Crippen molar-refractivity contribution in [2.75, 3.05) is 27.4 Å². The molecule has 0 aliphatic carbocycles. The number of Topliss-reactive ketones (excluding diaryl/α,β-unsaturated/α-hetero) is 1. The first kappa shape index (κ1) is 24.0. The summed E-state index contributed by atoms with van der Waals surface area (Å²) >= 11 is 0. The monoisotopic (exact) mass is 499 g/mol. The molecule has 1 aromatic heterocycles. The SMILES string of the molecule is COc1ccc(OCCN2C(=O)C(O)=C(C(=O)c3cc4ccccc4o3)C2c2ccc(OC)cc2)cc1. The van der Waals surface area contributed by atoms with Crippen LogP contribution in [-0.2, 0) is 4.79 Å². The van der Waals surface area contributed by atoms with Crippen molar-refractivity contribution < 1.29 is 33.3 Å². The fraction of sp³-hybridized carbons (Fsp3) is 0.172. The number of amides is 1. The molecule has 1 N–H and O–H groups in total. The fourth-order valence-electron chi connectivity index (χ4n) is 4.41. The van der Waals surface area contributed by atoms with Crippen LogP contribution in [0.5, 0.6) is 17.2 Å². The number of benzene rings is 3. The predicted octanol–water partition coefficient (Wildman–Crippen LogP) is 5.11. The lowest BCUT2D eigenvalue weighted by atomic mass is 9.95. The Morgan fingerprint density at radius 1 is 0.919 bits per heavy atom. The average Bonchev–Trinajstić information content (AvgIpc) is 3.48. The van der Waals surface area contributed by atoms with Crippen molar-refractivity contribution in [3.63, 3.8) is 0 Å². The first-order chi connectivity index (χ1) is 18.0. The minimum atomic E-state index is -0.835. The maximum Gasteiger partial charge on any atom is 0.290 e. The van der Waals surface area contributed by atoms with E-state index >= 15 is 0 Å². The summed E-state index contributed by atoms with van der Waals surface area (Å²) in [5.41, 5.74) is 1.14. The quantitative estimate of drug-likeness (QED) is 0.320. The van der Waals surface area contributed by atoms with Crippen LogP contribution in [0.1, 0.15) is 22.2 Å². The third-order valence-corrected chi connectivity index (χ3v) is 6.29. The molecule has 8 heteroatoms. The summed E-state index contributed by atoms with van der Waals surface area (Å²) in [6, 6.07) is 22.1. The molecule has 2 heterocycles. The molecule has 0 radical (unpaired) electrons. The van der Waals surface area contributed by atoms with E-state index in [2.05, 4.69) is 0 Å². The molecule has 3 aromatic carbocycles. The zero-order chi connectivity index (χ0) is 25.9. The number of ketones is 1. The second kappa shape index (κ2) is 10.1. The molecule has 1 unspecified atom stereocenters. The van der Waals surface area contributed by atoms with Crippen LogP contribution < -0.4 is 14.2 Å². The molecule has 1 atom stereocenters. The predicted molar refractivity (Wildman–Crippen MR) is 136 cm³/mol. The Labute approximate surface area is 213 Å². The molecule has 0 saturated carbocycles. The van der Waals surface area contributed by atoms with Gasteiger partial charge in [0.05, 0.1) is 32.4 Å². The number of hydrogen-bond donors (Lipinski definition) is 1. The molecule has 0 fully saturated rings. The van der Waals surface area contributed by atoms with Crippen molar-refractivity contribution in [2.24, 2.45) is 0 Å². The Balaban J connectivity index is 1.45. The van der Waals surface area contributed by atoms with Gasteiger partial charge in [0, 0.05) is 5.39 Å². The Morgan fingerprint density at radius 2 is 1.54 bits per heavy atom. The average molecular weight is 500 g/mol. The van der Waals surface area contributed by atoms with Gasteiger partial charge in [0.15, 0.2) is 11.5 Å². The second-order valence-corrected chi connectivity index (χ2v) is 8.44. The maximum absolute atomic E-state index is 13.6. The normalized spacial score (nSPS) is 15.4. The van der Waals surface area contributed by atoms with Gasteiger partial charge in [-0.25, -0.2) is 0 Å². The van der Waals surface area contributed by atoms with E-state index < -0.39 is 23.5 Å². The van der Waals surface area contributed by atoms with E-state index in [4.69, 9.17) is 18.6 Å². The largest absolute Gasteiger partial charge is 0.503 e. The van der Waals surface area contributed by atoms with Crippen molar-refractivity contribution >= 4 is 22.7 Å². The van der Waals surface area contributed by atoms with Gasteiger partial charge >= 0.3 is 0 Å². The summed E-state index contributed by atoms with van der Waals surface area (Å²) in [7, 11) is 3.14. The van der Waals surface area contributed by atoms with Crippen LogP contribution in [0.15, 0.2) is 94.6 Å². The summed E-state index contributed by atoms with van der Waals surface area (Å²) < 4.78 is 22.0. The fourth-order valence-corrected chi connectivity index (χ4v) is 4.41. The molecular formula is C29H25NO7. The molecule has 1 aliphatic heterocycles. The van der Waals surface area contributed by atoms with Gasteiger partial charge in [-0.05, 0) is 54.1 Å². The van der Waals surface area contributed by atoms with Gasteiger partial charge in [-0.1, -0.05) is 30.3 Å². The smallest absolute Gasteiger partial charge is 0.290 e. The highest BCUT2D eigenvalue weighted by atomic mass is 16.5. The number of carbonyl (C=O) groups excluding carboxylic acids is 2. The van der Waals surface area contributed by atoms with Gasteiger partial charge in [0.25, 0.3) is 5.91 Å². The Morgan fingerprint density at radius 3 is 2.19 bits per heavy atom. The van der Waals surface area contributed by atoms with Gasteiger partial charge in [-0.2, -0.15) is 0 Å². The van der Waals surface area contributed by atoms with Crippen LogP contribution in [-0.4, -0.2) is 49.1 Å². The summed E-state index contributed by atoms with van der Waals surface area (Å²) in [6.45, 7) is 0.270. The number of carbonyl (C=O) groups is 2. The van der Waals surface area contributed by atoms with Crippen LogP contribution in [0.4, 0.5) is 0 Å². The van der Waals surface area contributed by atoms with E-state index in [-0.39, 0.29) is 24.5 Å². The Kier molecular flexibility index (Phi) is 6.55. The Bertz CT molecular complexity index is 1440. The molecule has 1 aliphatic rings. The molecule has 8 nitrogen and oxygen atoms in total. The van der Waals surface area contributed by atoms with E-state index in [0.717, 1.165) is 5.39 Å². The van der Waals surface area contributed by atoms with Gasteiger partial charge in [0.2, 0.25) is 5.78 Å². The number of furan rings is 1. The van der Waals surface area contributed by atoms with Crippen molar-refractivity contribution in [3.8, 4) is 17.2 Å². The van der Waals surface area contributed by atoms with Crippen LogP contribution in [0.2, 0.25) is 0 Å². The number of hydrogen-bond acceptors (Lipinski definition) is 7. The molecule has 1 amide bonds. The number of fused-ring (bicyclic) bond motifs is 1. The number of para-hydroxylation sites is 1. The van der Waals surface area contributed by atoms with Gasteiger partial charge in [-0.15, -0.1) is 0 Å². The number of aliphatic hydroxyl groups excluding tert-OH is 1. The summed E-state index contributed by atoms with van der Waals surface area (Å²) in [5.74, 6) is 0.163. The van der Waals surface area contributed by atoms with Crippen molar-refractivity contribution in [3.05, 3.63) is 102 Å². The van der Waals surface area contributed by atoms with Gasteiger partial charge in [0.1, 0.15) is 29.4 Å². The molecule has 37 heavy (non-hydrogen) atoms. The highest BCUT2D eigenvalue weighted by Gasteiger charge is 2.44. The number of rotatable bonds is 9. The van der Waals surface area contributed by atoms with Crippen LogP contribution >= 0.6 is 0 Å². The number of methoxy groups -OCH3 is 2. The first-order valence-corrected chi connectivity index (χ1v) is 11.7. The van der Waals surface area contributed by atoms with Gasteiger partial charge in [-0.3, -0.25) is 9.59 Å².